The minimum Gasteiger partial charge on any atom is -0.309 e. The van der Waals surface area contributed by atoms with Crippen LogP contribution < -0.4 is 5.32 Å². The normalized spacial score (nSPS) is 13.8. The first kappa shape index (κ1) is 13.2. The standard InChI is InChI=1S/C14H22FN/c1-5-13(14(2,3)4)16-10-11-7-6-8-12(15)9-11/h6-9,13,16H,5,10H2,1-4H3/t13-/m0/s1. The molecule has 1 atom stereocenters. The molecule has 0 saturated heterocycles. The summed E-state index contributed by atoms with van der Waals surface area (Å²) in [6.45, 7) is 9.57. The van der Waals surface area contributed by atoms with Crippen LogP contribution in [0.2, 0.25) is 0 Å². The summed E-state index contributed by atoms with van der Waals surface area (Å²) in [6, 6.07) is 7.22. The Morgan fingerprint density at radius 1 is 1.31 bits per heavy atom. The molecule has 16 heavy (non-hydrogen) atoms. The van der Waals surface area contributed by atoms with Crippen LogP contribution >= 0.6 is 0 Å². The van der Waals surface area contributed by atoms with Crippen molar-refractivity contribution in [1.29, 1.82) is 0 Å². The molecule has 0 bridgehead atoms. The van der Waals surface area contributed by atoms with E-state index in [1.807, 2.05) is 6.07 Å². The van der Waals surface area contributed by atoms with E-state index in [2.05, 4.69) is 33.0 Å². The molecule has 1 aromatic rings. The lowest BCUT2D eigenvalue weighted by Crippen LogP contribution is -2.39. The lowest BCUT2D eigenvalue weighted by molar-refractivity contribution is 0.259. The molecule has 0 aliphatic carbocycles. The molecular weight excluding hydrogens is 201 g/mol. The molecule has 0 aliphatic heterocycles. The van der Waals surface area contributed by atoms with E-state index in [0.717, 1.165) is 18.5 Å². The summed E-state index contributed by atoms with van der Waals surface area (Å²) in [5.41, 5.74) is 1.24. The molecule has 0 aromatic heterocycles. The van der Waals surface area contributed by atoms with Gasteiger partial charge in [0.05, 0.1) is 0 Å². The molecule has 0 fully saturated rings. The van der Waals surface area contributed by atoms with Crippen LogP contribution in [-0.4, -0.2) is 6.04 Å². The van der Waals surface area contributed by atoms with Crippen molar-refractivity contribution in [2.24, 2.45) is 5.41 Å². The van der Waals surface area contributed by atoms with Gasteiger partial charge in [0, 0.05) is 12.6 Å². The first-order valence-electron chi connectivity index (χ1n) is 5.91. The third-order valence-electron chi connectivity index (χ3n) is 2.90. The first-order chi connectivity index (χ1) is 7.43. The first-order valence-corrected chi connectivity index (χ1v) is 5.91. The van der Waals surface area contributed by atoms with Crippen molar-refractivity contribution in [2.75, 3.05) is 0 Å². The minimum atomic E-state index is -0.164. The Kier molecular flexibility index (Phi) is 4.48. The maximum atomic E-state index is 13.0. The second-order valence-electron chi connectivity index (χ2n) is 5.34. The Morgan fingerprint density at radius 3 is 2.50 bits per heavy atom. The fourth-order valence-corrected chi connectivity index (χ4v) is 1.95. The van der Waals surface area contributed by atoms with Crippen molar-refractivity contribution >= 4 is 0 Å². The number of rotatable bonds is 4. The summed E-state index contributed by atoms with van der Waals surface area (Å²) in [5.74, 6) is -0.164. The van der Waals surface area contributed by atoms with Crippen molar-refractivity contribution in [3.63, 3.8) is 0 Å². The zero-order chi connectivity index (χ0) is 12.2. The Labute approximate surface area is 98.1 Å². The fraction of sp³-hybridized carbons (Fsp3) is 0.571. The van der Waals surface area contributed by atoms with Crippen molar-refractivity contribution in [2.45, 2.75) is 46.7 Å². The van der Waals surface area contributed by atoms with Gasteiger partial charge >= 0.3 is 0 Å². The molecule has 90 valence electrons. The molecule has 0 radical (unpaired) electrons. The Hall–Kier alpha value is -0.890. The molecule has 0 spiro atoms. The molecule has 0 aliphatic rings. The zero-order valence-electron chi connectivity index (χ0n) is 10.7. The summed E-state index contributed by atoms with van der Waals surface area (Å²) >= 11 is 0. The van der Waals surface area contributed by atoms with E-state index in [4.69, 9.17) is 0 Å². The monoisotopic (exact) mass is 223 g/mol. The smallest absolute Gasteiger partial charge is 0.123 e. The summed E-state index contributed by atoms with van der Waals surface area (Å²) in [4.78, 5) is 0. The predicted octanol–water partition coefficient (Wildman–Crippen LogP) is 3.74. The maximum absolute atomic E-state index is 13.0. The molecule has 1 rings (SSSR count). The van der Waals surface area contributed by atoms with Crippen LogP contribution in [0.1, 0.15) is 39.7 Å². The third kappa shape index (κ3) is 3.93. The van der Waals surface area contributed by atoms with Gasteiger partial charge in [-0.1, -0.05) is 39.8 Å². The average molecular weight is 223 g/mol. The second kappa shape index (κ2) is 5.44. The van der Waals surface area contributed by atoms with E-state index in [1.165, 1.54) is 6.07 Å². The summed E-state index contributed by atoms with van der Waals surface area (Å²) in [6.07, 6.45) is 1.08. The maximum Gasteiger partial charge on any atom is 0.123 e. The van der Waals surface area contributed by atoms with Gasteiger partial charge in [-0.25, -0.2) is 4.39 Å². The van der Waals surface area contributed by atoms with E-state index in [9.17, 15) is 4.39 Å². The highest BCUT2D eigenvalue weighted by atomic mass is 19.1. The Balaban J connectivity index is 2.56. The number of hydrogen-bond donors (Lipinski definition) is 1. The van der Waals surface area contributed by atoms with Gasteiger partial charge in [-0.3, -0.25) is 0 Å². The number of halogens is 1. The number of hydrogen-bond acceptors (Lipinski definition) is 1. The van der Waals surface area contributed by atoms with Crippen molar-refractivity contribution in [3.8, 4) is 0 Å². The van der Waals surface area contributed by atoms with Crippen LogP contribution in [0, 0.1) is 11.2 Å². The summed E-state index contributed by atoms with van der Waals surface area (Å²) in [5, 5.41) is 3.49. The number of benzene rings is 1. The van der Waals surface area contributed by atoms with E-state index < -0.39 is 0 Å². The molecule has 1 nitrogen and oxygen atoms in total. The molecular formula is C14H22FN. The fourth-order valence-electron chi connectivity index (χ4n) is 1.95. The van der Waals surface area contributed by atoms with Gasteiger partial charge in [-0.2, -0.15) is 0 Å². The van der Waals surface area contributed by atoms with Gasteiger partial charge in [0.2, 0.25) is 0 Å². The van der Waals surface area contributed by atoms with Crippen LogP contribution in [0.5, 0.6) is 0 Å². The highest BCUT2D eigenvalue weighted by Crippen LogP contribution is 2.21. The van der Waals surface area contributed by atoms with Gasteiger partial charge in [-0.05, 0) is 29.5 Å². The molecule has 0 saturated carbocycles. The summed E-state index contributed by atoms with van der Waals surface area (Å²) in [7, 11) is 0. The van der Waals surface area contributed by atoms with Crippen molar-refractivity contribution in [1.82, 2.24) is 5.32 Å². The van der Waals surface area contributed by atoms with Crippen molar-refractivity contribution in [3.05, 3.63) is 35.6 Å². The van der Waals surface area contributed by atoms with Crippen LogP contribution in [-0.2, 0) is 6.54 Å². The quantitative estimate of drug-likeness (QED) is 0.820. The average Bonchev–Trinajstić information content (AvgIpc) is 2.16. The van der Waals surface area contributed by atoms with Gasteiger partial charge in [0.1, 0.15) is 5.82 Å². The lowest BCUT2D eigenvalue weighted by Gasteiger charge is -2.30. The highest BCUT2D eigenvalue weighted by Gasteiger charge is 2.21. The Bertz CT molecular complexity index is 328. The van der Waals surface area contributed by atoms with E-state index in [1.54, 1.807) is 12.1 Å². The van der Waals surface area contributed by atoms with E-state index in [-0.39, 0.29) is 11.2 Å². The van der Waals surface area contributed by atoms with Crippen LogP contribution in [0.15, 0.2) is 24.3 Å². The molecule has 0 unspecified atom stereocenters. The Morgan fingerprint density at radius 2 is 2.00 bits per heavy atom. The molecule has 0 amide bonds. The van der Waals surface area contributed by atoms with Crippen LogP contribution in [0.3, 0.4) is 0 Å². The highest BCUT2D eigenvalue weighted by molar-refractivity contribution is 5.16. The summed E-state index contributed by atoms with van der Waals surface area (Å²) < 4.78 is 13.0. The topological polar surface area (TPSA) is 12.0 Å². The van der Waals surface area contributed by atoms with Gasteiger partial charge in [0.15, 0.2) is 0 Å². The van der Waals surface area contributed by atoms with Gasteiger partial charge in [0.25, 0.3) is 0 Å². The van der Waals surface area contributed by atoms with Crippen molar-refractivity contribution < 1.29 is 4.39 Å². The SMILES string of the molecule is CC[C@H](NCc1cccc(F)c1)C(C)(C)C. The molecule has 2 heteroatoms. The van der Waals surface area contributed by atoms with Gasteiger partial charge in [-0.15, -0.1) is 0 Å². The van der Waals surface area contributed by atoms with E-state index >= 15 is 0 Å². The third-order valence-corrected chi connectivity index (χ3v) is 2.90. The van der Waals surface area contributed by atoms with Crippen LogP contribution in [0.25, 0.3) is 0 Å². The zero-order valence-corrected chi connectivity index (χ0v) is 10.7. The minimum absolute atomic E-state index is 0.164. The second-order valence-corrected chi connectivity index (χ2v) is 5.34. The lowest BCUT2D eigenvalue weighted by atomic mass is 9.85. The molecule has 1 aromatic carbocycles. The van der Waals surface area contributed by atoms with Gasteiger partial charge < -0.3 is 5.32 Å². The molecule has 1 N–H and O–H groups in total. The largest absolute Gasteiger partial charge is 0.309 e. The van der Waals surface area contributed by atoms with E-state index in [0.29, 0.717) is 6.04 Å². The van der Waals surface area contributed by atoms with Crippen LogP contribution in [0.4, 0.5) is 4.39 Å². The number of nitrogens with one attached hydrogen (secondary N) is 1. The molecule has 0 heterocycles. The predicted molar refractivity (Wildman–Crippen MR) is 66.8 cm³/mol.